The van der Waals surface area contributed by atoms with E-state index in [1.54, 1.807) is 20.1 Å². The molecule has 1 unspecified atom stereocenters. The molecule has 116 valence electrons. The Morgan fingerprint density at radius 3 is 2.50 bits per heavy atom. The normalized spacial score (nSPS) is 14.6. The molecule has 0 bridgehead atoms. The average molecular weight is 282 g/mol. The molecule has 0 aromatic carbocycles. The van der Waals surface area contributed by atoms with Crippen molar-refractivity contribution in [1.82, 2.24) is 0 Å². The summed E-state index contributed by atoms with van der Waals surface area (Å²) in [6.07, 6.45) is 10.3. The van der Waals surface area contributed by atoms with Gasteiger partial charge in [-0.2, -0.15) is 0 Å². The zero-order valence-electron chi connectivity index (χ0n) is 13.9. The van der Waals surface area contributed by atoms with E-state index in [1.165, 1.54) is 20.0 Å². The Kier molecular flexibility index (Phi) is 9.23. The van der Waals surface area contributed by atoms with Gasteiger partial charge in [-0.15, -0.1) is 0 Å². The maximum absolute atomic E-state index is 11.2. The SMILES string of the molecule is COC(=O)C(C)=CC=CCC(C)CCCC(C)(C)OC. The number of hydrogen-bond donors (Lipinski definition) is 0. The van der Waals surface area contributed by atoms with Gasteiger partial charge in [0, 0.05) is 12.7 Å². The standard InChI is InChI=1S/C17H30O3/c1-14(11-9-13-17(3,4)20-6)10-7-8-12-15(2)16(18)19-5/h7-8,12,14H,9-11,13H2,1-6H3. The monoisotopic (exact) mass is 282 g/mol. The molecule has 0 saturated carbocycles. The Balaban J connectivity index is 3.94. The molecule has 20 heavy (non-hydrogen) atoms. The van der Waals surface area contributed by atoms with Crippen LogP contribution in [0.1, 0.15) is 53.4 Å². The second-order valence-corrected chi connectivity index (χ2v) is 5.97. The quantitative estimate of drug-likeness (QED) is 0.359. The lowest BCUT2D eigenvalue weighted by Gasteiger charge is -2.23. The van der Waals surface area contributed by atoms with E-state index < -0.39 is 0 Å². The van der Waals surface area contributed by atoms with Crippen LogP contribution in [0.25, 0.3) is 0 Å². The number of ether oxygens (including phenoxy) is 2. The van der Waals surface area contributed by atoms with Crippen LogP contribution < -0.4 is 0 Å². The molecule has 1 atom stereocenters. The highest BCUT2D eigenvalue weighted by molar-refractivity contribution is 5.87. The van der Waals surface area contributed by atoms with Gasteiger partial charge in [0.05, 0.1) is 12.7 Å². The first kappa shape index (κ1) is 18.9. The highest BCUT2D eigenvalue weighted by atomic mass is 16.5. The predicted octanol–water partition coefficient (Wildman–Crippen LogP) is 4.28. The van der Waals surface area contributed by atoms with Gasteiger partial charge in [0.2, 0.25) is 0 Å². The van der Waals surface area contributed by atoms with Crippen molar-refractivity contribution in [3.8, 4) is 0 Å². The van der Waals surface area contributed by atoms with Crippen molar-refractivity contribution in [2.45, 2.75) is 59.0 Å². The van der Waals surface area contributed by atoms with Crippen molar-refractivity contribution in [3.63, 3.8) is 0 Å². The molecule has 0 spiro atoms. The third-order valence-electron chi connectivity index (χ3n) is 3.56. The van der Waals surface area contributed by atoms with E-state index >= 15 is 0 Å². The topological polar surface area (TPSA) is 35.5 Å². The largest absolute Gasteiger partial charge is 0.466 e. The Bertz CT molecular complexity index is 340. The van der Waals surface area contributed by atoms with Crippen LogP contribution in [-0.4, -0.2) is 25.8 Å². The summed E-state index contributed by atoms with van der Waals surface area (Å²) in [6, 6.07) is 0. The van der Waals surface area contributed by atoms with Crippen molar-refractivity contribution in [2.24, 2.45) is 5.92 Å². The Morgan fingerprint density at radius 1 is 1.30 bits per heavy atom. The summed E-state index contributed by atoms with van der Waals surface area (Å²) >= 11 is 0. The maximum Gasteiger partial charge on any atom is 0.333 e. The van der Waals surface area contributed by atoms with Crippen LogP contribution in [0.15, 0.2) is 23.8 Å². The van der Waals surface area contributed by atoms with Crippen molar-refractivity contribution in [2.75, 3.05) is 14.2 Å². The summed E-state index contributed by atoms with van der Waals surface area (Å²) < 4.78 is 10.0. The van der Waals surface area contributed by atoms with Gasteiger partial charge in [-0.05, 0) is 39.5 Å². The fourth-order valence-corrected chi connectivity index (χ4v) is 1.85. The number of rotatable bonds is 9. The lowest BCUT2D eigenvalue weighted by Crippen LogP contribution is -2.22. The van der Waals surface area contributed by atoms with E-state index in [0.717, 1.165) is 12.8 Å². The van der Waals surface area contributed by atoms with E-state index in [4.69, 9.17) is 4.74 Å². The third kappa shape index (κ3) is 8.92. The zero-order chi connectivity index (χ0) is 15.6. The molecule has 0 rings (SSSR count). The molecule has 3 nitrogen and oxygen atoms in total. The van der Waals surface area contributed by atoms with Crippen LogP contribution in [-0.2, 0) is 14.3 Å². The highest BCUT2D eigenvalue weighted by Gasteiger charge is 2.15. The summed E-state index contributed by atoms with van der Waals surface area (Å²) in [7, 11) is 3.16. The van der Waals surface area contributed by atoms with E-state index in [9.17, 15) is 4.79 Å². The van der Waals surface area contributed by atoms with Crippen molar-refractivity contribution in [1.29, 1.82) is 0 Å². The molecule has 0 aliphatic heterocycles. The smallest absolute Gasteiger partial charge is 0.333 e. The second kappa shape index (κ2) is 9.76. The minimum Gasteiger partial charge on any atom is -0.466 e. The highest BCUT2D eigenvalue weighted by Crippen LogP contribution is 2.20. The summed E-state index contributed by atoms with van der Waals surface area (Å²) in [6.45, 7) is 8.25. The van der Waals surface area contributed by atoms with E-state index in [1.807, 2.05) is 6.08 Å². The van der Waals surface area contributed by atoms with Gasteiger partial charge in [-0.25, -0.2) is 4.79 Å². The van der Waals surface area contributed by atoms with Crippen LogP contribution in [0.3, 0.4) is 0 Å². The minimum absolute atomic E-state index is 0.0179. The Labute approximate surface area is 124 Å². The molecule has 0 fully saturated rings. The van der Waals surface area contributed by atoms with Gasteiger partial charge in [0.1, 0.15) is 0 Å². The maximum atomic E-state index is 11.2. The number of carbonyl (C=O) groups excluding carboxylic acids is 1. The minimum atomic E-state index is -0.274. The molecule has 0 aromatic rings. The molecule has 0 aliphatic carbocycles. The van der Waals surface area contributed by atoms with Gasteiger partial charge in [-0.3, -0.25) is 0 Å². The summed E-state index contributed by atoms with van der Waals surface area (Å²) in [5.74, 6) is 0.371. The molecule has 0 saturated heterocycles. The molecule has 0 heterocycles. The van der Waals surface area contributed by atoms with E-state index in [-0.39, 0.29) is 11.6 Å². The van der Waals surface area contributed by atoms with Crippen LogP contribution in [0.5, 0.6) is 0 Å². The number of methoxy groups -OCH3 is 2. The second-order valence-electron chi connectivity index (χ2n) is 5.97. The predicted molar refractivity (Wildman–Crippen MR) is 83.6 cm³/mol. The number of hydrogen-bond acceptors (Lipinski definition) is 3. The van der Waals surface area contributed by atoms with Crippen LogP contribution in [0, 0.1) is 5.92 Å². The molecule has 0 amide bonds. The first-order valence-electron chi connectivity index (χ1n) is 7.29. The summed E-state index contributed by atoms with van der Waals surface area (Å²) in [5.41, 5.74) is 0.605. The molecule has 0 aliphatic rings. The van der Waals surface area contributed by atoms with Gasteiger partial charge < -0.3 is 9.47 Å². The van der Waals surface area contributed by atoms with Gasteiger partial charge in [0.15, 0.2) is 0 Å². The zero-order valence-corrected chi connectivity index (χ0v) is 13.9. The molecular formula is C17H30O3. The first-order valence-corrected chi connectivity index (χ1v) is 7.29. The Hall–Kier alpha value is -1.09. The van der Waals surface area contributed by atoms with Crippen LogP contribution in [0.4, 0.5) is 0 Å². The van der Waals surface area contributed by atoms with E-state index in [0.29, 0.717) is 11.5 Å². The van der Waals surface area contributed by atoms with E-state index in [2.05, 4.69) is 31.6 Å². The molecule has 0 aromatic heterocycles. The molecule has 0 N–H and O–H groups in total. The van der Waals surface area contributed by atoms with Gasteiger partial charge in [-0.1, -0.05) is 38.0 Å². The first-order chi connectivity index (χ1) is 9.32. The average Bonchev–Trinajstić information content (AvgIpc) is 2.42. The summed E-state index contributed by atoms with van der Waals surface area (Å²) in [5, 5.41) is 0. The fraction of sp³-hybridized carbons (Fsp3) is 0.706. The lowest BCUT2D eigenvalue weighted by molar-refractivity contribution is -0.136. The molecule has 3 heteroatoms. The fourth-order valence-electron chi connectivity index (χ4n) is 1.85. The van der Waals surface area contributed by atoms with Crippen molar-refractivity contribution >= 4 is 5.97 Å². The van der Waals surface area contributed by atoms with Crippen molar-refractivity contribution < 1.29 is 14.3 Å². The van der Waals surface area contributed by atoms with Gasteiger partial charge >= 0.3 is 5.97 Å². The van der Waals surface area contributed by atoms with Crippen LogP contribution in [0.2, 0.25) is 0 Å². The lowest BCUT2D eigenvalue weighted by atomic mass is 9.95. The third-order valence-corrected chi connectivity index (χ3v) is 3.56. The number of esters is 1. The number of carbonyl (C=O) groups is 1. The van der Waals surface area contributed by atoms with Crippen molar-refractivity contribution in [3.05, 3.63) is 23.8 Å². The molecular weight excluding hydrogens is 252 g/mol. The van der Waals surface area contributed by atoms with Gasteiger partial charge in [0.25, 0.3) is 0 Å². The summed E-state index contributed by atoms with van der Waals surface area (Å²) in [4.78, 5) is 11.2. The number of allylic oxidation sites excluding steroid dienone is 3. The van der Waals surface area contributed by atoms with Crippen LogP contribution >= 0.6 is 0 Å². The molecule has 0 radical (unpaired) electrons. The Morgan fingerprint density at radius 2 is 1.95 bits per heavy atom.